The van der Waals surface area contributed by atoms with E-state index in [2.05, 4.69) is 59.7 Å². The van der Waals surface area contributed by atoms with Crippen LogP contribution in [-0.4, -0.2) is 68.5 Å². The van der Waals surface area contributed by atoms with Crippen molar-refractivity contribution in [2.45, 2.75) is 39.2 Å². The highest BCUT2D eigenvalue weighted by molar-refractivity contribution is 5.94. The quantitative estimate of drug-likeness (QED) is 0.453. The second-order valence-electron chi connectivity index (χ2n) is 8.97. The Morgan fingerprint density at radius 1 is 1.09 bits per heavy atom. The van der Waals surface area contributed by atoms with Gasteiger partial charge in [0.1, 0.15) is 0 Å². The van der Waals surface area contributed by atoms with Crippen molar-refractivity contribution in [3.8, 4) is 0 Å². The zero-order chi connectivity index (χ0) is 23.6. The summed E-state index contributed by atoms with van der Waals surface area (Å²) in [6, 6.07) is 17.1. The highest BCUT2D eigenvalue weighted by atomic mass is 16.2. The summed E-state index contributed by atoms with van der Waals surface area (Å²) in [4.78, 5) is 21.4. The van der Waals surface area contributed by atoms with Gasteiger partial charge in [0.15, 0.2) is 5.96 Å². The summed E-state index contributed by atoms with van der Waals surface area (Å²) >= 11 is 0. The van der Waals surface area contributed by atoms with Crippen LogP contribution in [0.3, 0.4) is 0 Å². The number of likely N-dealkylation sites (tertiary alicyclic amines) is 1. The normalized spacial score (nSPS) is 15.3. The summed E-state index contributed by atoms with van der Waals surface area (Å²) in [6.45, 7) is 8.80. The molecule has 1 saturated heterocycles. The van der Waals surface area contributed by atoms with Crippen molar-refractivity contribution in [3.05, 3.63) is 70.8 Å². The summed E-state index contributed by atoms with van der Waals surface area (Å²) in [5.41, 5.74) is 4.49. The number of amides is 1. The molecule has 3 rings (SSSR count). The lowest BCUT2D eigenvalue weighted by Crippen LogP contribution is -2.39. The molecule has 0 bridgehead atoms. The number of benzene rings is 2. The number of nitrogens with zero attached hydrogens (tertiary/aromatic N) is 3. The standard InChI is InChI=1S/C27H39N5O/c1-5-28-27(29-16-15-22-9-8-10-24(19-22)26(33)31(3)4)30-20-25(32-17-6-7-18-32)23-13-11-21(2)12-14-23/h8-14,19,25H,5-7,15-18,20H2,1-4H3,(H2,28,29,30). The molecule has 0 radical (unpaired) electrons. The first-order valence-corrected chi connectivity index (χ1v) is 12.1. The molecular formula is C27H39N5O. The number of hydrogen-bond donors (Lipinski definition) is 2. The van der Waals surface area contributed by atoms with Crippen LogP contribution in [0, 0.1) is 6.92 Å². The van der Waals surface area contributed by atoms with Crippen LogP contribution in [0.1, 0.15) is 52.9 Å². The van der Waals surface area contributed by atoms with E-state index in [0.717, 1.165) is 56.2 Å². The van der Waals surface area contributed by atoms with Crippen LogP contribution in [0.25, 0.3) is 0 Å². The molecule has 1 aliphatic rings. The minimum atomic E-state index is 0.0313. The molecule has 178 valence electrons. The molecule has 6 nitrogen and oxygen atoms in total. The molecule has 0 aliphatic carbocycles. The van der Waals surface area contributed by atoms with Gasteiger partial charge in [0.05, 0.1) is 12.6 Å². The molecule has 1 amide bonds. The second kappa shape index (κ2) is 12.4. The van der Waals surface area contributed by atoms with Crippen LogP contribution in [0.15, 0.2) is 53.5 Å². The van der Waals surface area contributed by atoms with Gasteiger partial charge in [-0.3, -0.25) is 14.7 Å². The van der Waals surface area contributed by atoms with Gasteiger partial charge < -0.3 is 15.5 Å². The van der Waals surface area contributed by atoms with Gasteiger partial charge in [-0.2, -0.15) is 0 Å². The maximum atomic E-state index is 12.2. The maximum Gasteiger partial charge on any atom is 0.253 e. The molecule has 2 aromatic carbocycles. The molecule has 0 aromatic heterocycles. The molecule has 1 unspecified atom stereocenters. The fraction of sp³-hybridized carbons (Fsp3) is 0.481. The Labute approximate surface area is 199 Å². The van der Waals surface area contributed by atoms with E-state index in [4.69, 9.17) is 4.99 Å². The lowest BCUT2D eigenvalue weighted by atomic mass is 10.0. The number of guanidine groups is 1. The monoisotopic (exact) mass is 449 g/mol. The van der Waals surface area contributed by atoms with E-state index in [-0.39, 0.29) is 5.91 Å². The van der Waals surface area contributed by atoms with Gasteiger partial charge in [-0.25, -0.2) is 0 Å². The van der Waals surface area contributed by atoms with E-state index in [1.54, 1.807) is 19.0 Å². The molecule has 33 heavy (non-hydrogen) atoms. The number of nitrogens with one attached hydrogen (secondary N) is 2. The molecule has 2 aromatic rings. The summed E-state index contributed by atoms with van der Waals surface area (Å²) in [5.74, 6) is 0.873. The topological polar surface area (TPSA) is 60.0 Å². The summed E-state index contributed by atoms with van der Waals surface area (Å²) in [5, 5.41) is 6.85. The van der Waals surface area contributed by atoms with Crippen LogP contribution < -0.4 is 10.6 Å². The second-order valence-corrected chi connectivity index (χ2v) is 8.97. The first-order chi connectivity index (χ1) is 16.0. The Hall–Kier alpha value is -2.86. The molecule has 6 heteroatoms. The average Bonchev–Trinajstić information content (AvgIpc) is 3.34. The Balaban J connectivity index is 1.63. The van der Waals surface area contributed by atoms with E-state index in [1.807, 2.05) is 18.2 Å². The lowest BCUT2D eigenvalue weighted by Gasteiger charge is -2.27. The number of aliphatic imine (C=N–C) groups is 1. The average molecular weight is 450 g/mol. The fourth-order valence-corrected chi connectivity index (χ4v) is 4.24. The van der Waals surface area contributed by atoms with Crippen LogP contribution in [0.4, 0.5) is 0 Å². The van der Waals surface area contributed by atoms with Crippen LogP contribution in [0.5, 0.6) is 0 Å². The molecule has 0 saturated carbocycles. The highest BCUT2D eigenvalue weighted by Gasteiger charge is 2.23. The number of carbonyl (C=O) groups is 1. The van der Waals surface area contributed by atoms with Crippen LogP contribution in [-0.2, 0) is 6.42 Å². The van der Waals surface area contributed by atoms with Crippen LogP contribution >= 0.6 is 0 Å². The molecule has 1 fully saturated rings. The molecule has 1 aliphatic heterocycles. The van der Waals surface area contributed by atoms with E-state index < -0.39 is 0 Å². The predicted octanol–water partition coefficient (Wildman–Crippen LogP) is 3.63. The van der Waals surface area contributed by atoms with E-state index in [9.17, 15) is 4.79 Å². The van der Waals surface area contributed by atoms with Crippen molar-refractivity contribution in [2.75, 3.05) is 46.8 Å². The van der Waals surface area contributed by atoms with Crippen LogP contribution in [0.2, 0.25) is 0 Å². The Kier molecular flexibility index (Phi) is 9.31. The van der Waals surface area contributed by atoms with E-state index >= 15 is 0 Å². The zero-order valence-electron chi connectivity index (χ0n) is 20.6. The summed E-state index contributed by atoms with van der Waals surface area (Å²) in [6.07, 6.45) is 3.35. The molecular weight excluding hydrogens is 410 g/mol. The molecule has 0 spiro atoms. The first-order valence-electron chi connectivity index (χ1n) is 12.1. The van der Waals surface area contributed by atoms with Crippen molar-refractivity contribution in [3.63, 3.8) is 0 Å². The van der Waals surface area contributed by atoms with Gasteiger partial charge in [-0.05, 0) is 69.5 Å². The van der Waals surface area contributed by atoms with Crippen molar-refractivity contribution in [1.82, 2.24) is 20.4 Å². The zero-order valence-corrected chi connectivity index (χ0v) is 20.6. The predicted molar refractivity (Wildman–Crippen MR) is 137 cm³/mol. The fourth-order valence-electron chi connectivity index (χ4n) is 4.24. The van der Waals surface area contributed by atoms with E-state index in [1.165, 1.54) is 24.0 Å². The first kappa shape index (κ1) is 24.8. The number of hydrogen-bond acceptors (Lipinski definition) is 3. The summed E-state index contributed by atoms with van der Waals surface area (Å²) in [7, 11) is 3.56. The minimum Gasteiger partial charge on any atom is -0.357 e. The van der Waals surface area contributed by atoms with Gasteiger partial charge in [-0.1, -0.05) is 42.0 Å². The third-order valence-corrected chi connectivity index (χ3v) is 6.10. The van der Waals surface area contributed by atoms with Gasteiger partial charge in [-0.15, -0.1) is 0 Å². The summed E-state index contributed by atoms with van der Waals surface area (Å²) < 4.78 is 0. The number of aryl methyl sites for hydroxylation is 1. The molecule has 1 atom stereocenters. The minimum absolute atomic E-state index is 0.0313. The van der Waals surface area contributed by atoms with Crippen molar-refractivity contribution in [2.24, 2.45) is 4.99 Å². The third kappa shape index (κ3) is 7.32. The largest absolute Gasteiger partial charge is 0.357 e. The van der Waals surface area contributed by atoms with Gasteiger partial charge in [0.2, 0.25) is 0 Å². The Morgan fingerprint density at radius 3 is 2.48 bits per heavy atom. The van der Waals surface area contributed by atoms with Crippen molar-refractivity contribution in [1.29, 1.82) is 0 Å². The molecule has 1 heterocycles. The SMILES string of the molecule is CCNC(=NCC(c1ccc(C)cc1)N1CCCC1)NCCc1cccc(C(=O)N(C)C)c1. The van der Waals surface area contributed by atoms with Crippen molar-refractivity contribution < 1.29 is 4.79 Å². The maximum absolute atomic E-state index is 12.2. The van der Waals surface area contributed by atoms with E-state index in [0.29, 0.717) is 6.04 Å². The van der Waals surface area contributed by atoms with Gasteiger partial charge in [0, 0.05) is 32.7 Å². The lowest BCUT2D eigenvalue weighted by molar-refractivity contribution is 0.0827. The number of carbonyl (C=O) groups excluding carboxylic acids is 1. The van der Waals surface area contributed by atoms with Gasteiger partial charge in [0.25, 0.3) is 5.91 Å². The highest BCUT2D eigenvalue weighted by Crippen LogP contribution is 2.25. The van der Waals surface area contributed by atoms with Crippen molar-refractivity contribution >= 4 is 11.9 Å². The Morgan fingerprint density at radius 2 is 1.82 bits per heavy atom. The third-order valence-electron chi connectivity index (χ3n) is 6.10. The molecule has 2 N–H and O–H groups in total. The van der Waals surface area contributed by atoms with Gasteiger partial charge >= 0.3 is 0 Å². The number of rotatable bonds is 9. The smallest absolute Gasteiger partial charge is 0.253 e. The Bertz CT molecular complexity index is 916.